The topological polar surface area (TPSA) is 51.7 Å². The number of thiazole rings is 1. The highest BCUT2D eigenvalue weighted by molar-refractivity contribution is 7.98. The predicted octanol–water partition coefficient (Wildman–Crippen LogP) is 5.77. The molecule has 0 aliphatic rings. The minimum Gasteiger partial charge on any atom is -0.497 e. The summed E-state index contributed by atoms with van der Waals surface area (Å²) >= 11 is 3.26. The van der Waals surface area contributed by atoms with Gasteiger partial charge >= 0.3 is 0 Å². The van der Waals surface area contributed by atoms with Crippen molar-refractivity contribution < 1.29 is 14.3 Å². The van der Waals surface area contributed by atoms with E-state index in [4.69, 9.17) is 14.5 Å². The number of aromatic nitrogens is 1. The van der Waals surface area contributed by atoms with Crippen LogP contribution in [0.15, 0.2) is 47.8 Å². The van der Waals surface area contributed by atoms with Crippen LogP contribution < -0.4 is 14.4 Å². The zero-order valence-electron chi connectivity index (χ0n) is 17.7. The molecule has 2 aromatic carbocycles. The second-order valence-electron chi connectivity index (χ2n) is 6.77. The smallest absolute Gasteiger partial charge is 0.230 e. The molecule has 0 aliphatic carbocycles. The molecule has 0 fully saturated rings. The van der Waals surface area contributed by atoms with Gasteiger partial charge in [-0.2, -0.15) is 11.8 Å². The molecule has 0 spiro atoms. The van der Waals surface area contributed by atoms with Crippen LogP contribution in [-0.4, -0.2) is 30.4 Å². The Kier molecular flexibility index (Phi) is 7.76. The van der Waals surface area contributed by atoms with Gasteiger partial charge in [0.25, 0.3) is 0 Å². The summed E-state index contributed by atoms with van der Waals surface area (Å²) in [5.74, 6) is 3.24. The third-order valence-electron chi connectivity index (χ3n) is 4.67. The molecule has 30 heavy (non-hydrogen) atoms. The molecule has 1 heterocycles. The van der Waals surface area contributed by atoms with Crippen molar-refractivity contribution in [2.75, 3.05) is 24.4 Å². The molecule has 0 saturated carbocycles. The van der Waals surface area contributed by atoms with Crippen molar-refractivity contribution >= 4 is 39.8 Å². The van der Waals surface area contributed by atoms with E-state index in [1.165, 1.54) is 11.3 Å². The Morgan fingerprint density at radius 3 is 2.57 bits per heavy atom. The zero-order chi connectivity index (χ0) is 21.5. The Bertz CT molecular complexity index is 986. The van der Waals surface area contributed by atoms with Gasteiger partial charge < -0.3 is 9.47 Å². The number of thioether (sulfide) groups is 1. The van der Waals surface area contributed by atoms with Crippen LogP contribution in [0.2, 0.25) is 0 Å². The fourth-order valence-electron chi connectivity index (χ4n) is 2.92. The molecule has 5 nitrogen and oxygen atoms in total. The Morgan fingerprint density at radius 2 is 1.87 bits per heavy atom. The van der Waals surface area contributed by atoms with Gasteiger partial charge in [0.15, 0.2) is 5.13 Å². The average molecular weight is 443 g/mol. The second kappa shape index (κ2) is 10.5. The first-order chi connectivity index (χ1) is 14.5. The summed E-state index contributed by atoms with van der Waals surface area (Å²) in [6.45, 7) is 6.28. The monoisotopic (exact) mass is 442 g/mol. The van der Waals surface area contributed by atoms with Gasteiger partial charge in [-0.05, 0) is 55.3 Å². The van der Waals surface area contributed by atoms with Crippen molar-refractivity contribution in [2.24, 2.45) is 0 Å². The van der Waals surface area contributed by atoms with E-state index in [-0.39, 0.29) is 5.91 Å². The number of carbonyl (C=O) groups excluding carboxylic acids is 1. The van der Waals surface area contributed by atoms with E-state index in [1.807, 2.05) is 48.7 Å². The largest absolute Gasteiger partial charge is 0.497 e. The summed E-state index contributed by atoms with van der Waals surface area (Å²) < 4.78 is 10.9. The Balaban J connectivity index is 1.54. The number of hydrogen-bond acceptors (Lipinski definition) is 6. The normalized spacial score (nSPS) is 10.7. The predicted molar refractivity (Wildman–Crippen MR) is 126 cm³/mol. The second-order valence-corrected chi connectivity index (χ2v) is 8.71. The van der Waals surface area contributed by atoms with Gasteiger partial charge in [-0.1, -0.05) is 12.1 Å². The Hall–Kier alpha value is -2.51. The molecule has 1 aromatic heterocycles. The van der Waals surface area contributed by atoms with Gasteiger partial charge in [-0.15, -0.1) is 11.3 Å². The Labute approximate surface area is 186 Å². The lowest BCUT2D eigenvalue weighted by molar-refractivity contribution is -0.115. The lowest BCUT2D eigenvalue weighted by Crippen LogP contribution is -2.23. The lowest BCUT2D eigenvalue weighted by Gasteiger charge is -2.21. The van der Waals surface area contributed by atoms with Crippen LogP contribution in [0.3, 0.4) is 0 Å². The molecule has 3 aromatic rings. The lowest BCUT2D eigenvalue weighted by atomic mass is 10.1. The van der Waals surface area contributed by atoms with Crippen molar-refractivity contribution in [2.45, 2.75) is 26.5 Å². The zero-order valence-corrected chi connectivity index (χ0v) is 19.3. The van der Waals surface area contributed by atoms with Crippen LogP contribution in [0.1, 0.15) is 23.7 Å². The van der Waals surface area contributed by atoms with E-state index in [0.717, 1.165) is 45.5 Å². The van der Waals surface area contributed by atoms with Gasteiger partial charge in [-0.25, -0.2) is 4.98 Å². The molecular weight excluding hydrogens is 416 g/mol. The van der Waals surface area contributed by atoms with Gasteiger partial charge in [0.2, 0.25) is 5.91 Å². The molecule has 0 bridgehead atoms. The quantitative estimate of drug-likeness (QED) is 0.394. The molecule has 0 saturated heterocycles. The van der Waals surface area contributed by atoms with E-state index in [1.54, 1.807) is 30.7 Å². The summed E-state index contributed by atoms with van der Waals surface area (Å²) in [7, 11) is 1.65. The molecular formula is C23H26N2O3S2. The molecule has 0 radical (unpaired) electrons. The summed E-state index contributed by atoms with van der Waals surface area (Å²) in [5, 5.41) is 2.73. The maximum Gasteiger partial charge on any atom is 0.230 e. The fourth-order valence-corrected chi connectivity index (χ4v) is 4.61. The van der Waals surface area contributed by atoms with Crippen molar-refractivity contribution in [3.8, 4) is 11.5 Å². The summed E-state index contributed by atoms with van der Waals surface area (Å²) in [4.78, 5) is 18.8. The molecule has 7 heteroatoms. The molecule has 3 rings (SSSR count). The van der Waals surface area contributed by atoms with Gasteiger partial charge in [0.05, 0.1) is 25.1 Å². The number of ether oxygens (including phenoxy) is 2. The number of hydrogen-bond donors (Lipinski definition) is 0. The average Bonchev–Trinajstić information content (AvgIpc) is 3.19. The SMILES string of the molecule is COc1ccc(OCCSCc2csc(N(C(C)=O)c3cccc(C)c3C)n2)cc1. The summed E-state index contributed by atoms with van der Waals surface area (Å²) in [5.41, 5.74) is 4.11. The van der Waals surface area contributed by atoms with E-state index in [2.05, 4.69) is 13.0 Å². The van der Waals surface area contributed by atoms with E-state index in [9.17, 15) is 4.79 Å². The maximum absolute atomic E-state index is 12.4. The third kappa shape index (κ3) is 5.55. The highest BCUT2D eigenvalue weighted by Gasteiger charge is 2.20. The highest BCUT2D eigenvalue weighted by atomic mass is 32.2. The number of rotatable bonds is 9. The van der Waals surface area contributed by atoms with Gasteiger partial charge in [0.1, 0.15) is 11.5 Å². The van der Waals surface area contributed by atoms with Crippen molar-refractivity contribution in [1.82, 2.24) is 4.98 Å². The first-order valence-electron chi connectivity index (χ1n) is 9.65. The Morgan fingerprint density at radius 1 is 1.13 bits per heavy atom. The minimum absolute atomic E-state index is 0.0369. The molecule has 0 atom stereocenters. The van der Waals surface area contributed by atoms with Crippen LogP contribution in [-0.2, 0) is 10.5 Å². The summed E-state index contributed by atoms with van der Waals surface area (Å²) in [6.07, 6.45) is 0. The van der Waals surface area contributed by atoms with Crippen LogP contribution in [0.25, 0.3) is 0 Å². The molecule has 158 valence electrons. The number of nitrogens with zero attached hydrogens (tertiary/aromatic N) is 2. The molecule has 0 aliphatic heterocycles. The fraction of sp³-hybridized carbons (Fsp3) is 0.304. The van der Waals surface area contributed by atoms with Crippen LogP contribution in [0.5, 0.6) is 11.5 Å². The molecule has 1 amide bonds. The van der Waals surface area contributed by atoms with E-state index >= 15 is 0 Å². The van der Waals surface area contributed by atoms with Crippen LogP contribution in [0.4, 0.5) is 10.8 Å². The van der Waals surface area contributed by atoms with E-state index < -0.39 is 0 Å². The number of anilines is 2. The minimum atomic E-state index is -0.0369. The van der Waals surface area contributed by atoms with Crippen LogP contribution >= 0.6 is 23.1 Å². The highest BCUT2D eigenvalue weighted by Crippen LogP contribution is 2.33. The molecule has 0 N–H and O–H groups in total. The van der Waals surface area contributed by atoms with Crippen molar-refractivity contribution in [1.29, 1.82) is 0 Å². The number of carbonyl (C=O) groups is 1. The summed E-state index contributed by atoms with van der Waals surface area (Å²) in [6, 6.07) is 13.6. The molecule has 0 unspecified atom stereocenters. The maximum atomic E-state index is 12.4. The van der Waals surface area contributed by atoms with Crippen molar-refractivity contribution in [3.63, 3.8) is 0 Å². The van der Waals surface area contributed by atoms with Gasteiger partial charge in [-0.3, -0.25) is 9.69 Å². The first kappa shape index (κ1) is 22.2. The number of benzene rings is 2. The van der Waals surface area contributed by atoms with Gasteiger partial charge in [0, 0.05) is 23.8 Å². The van der Waals surface area contributed by atoms with Crippen molar-refractivity contribution in [3.05, 3.63) is 64.7 Å². The number of aryl methyl sites for hydroxylation is 1. The third-order valence-corrected chi connectivity index (χ3v) is 6.50. The number of amides is 1. The van der Waals surface area contributed by atoms with E-state index in [0.29, 0.717) is 11.7 Å². The standard InChI is InChI=1S/C23H26N2O3S2/c1-16-6-5-7-22(17(16)2)25(18(3)26)23-24-19(15-30-23)14-29-13-12-28-21-10-8-20(27-4)9-11-21/h5-11,15H,12-14H2,1-4H3. The van der Waals surface area contributed by atoms with Crippen LogP contribution in [0, 0.1) is 13.8 Å². The number of methoxy groups -OCH3 is 1. The first-order valence-corrected chi connectivity index (χ1v) is 11.7.